The highest BCUT2D eigenvalue weighted by Crippen LogP contribution is 2.18. The summed E-state index contributed by atoms with van der Waals surface area (Å²) in [5.74, 6) is -0.333. The van der Waals surface area contributed by atoms with Crippen LogP contribution < -0.4 is 0 Å². The Hall–Kier alpha value is -2.22. The van der Waals surface area contributed by atoms with E-state index < -0.39 is 10.0 Å². The number of carbonyl (C=O) groups is 1. The van der Waals surface area contributed by atoms with Crippen LogP contribution in [0.1, 0.15) is 16.7 Å². The molecule has 0 saturated heterocycles. The van der Waals surface area contributed by atoms with Crippen LogP contribution in [0.5, 0.6) is 0 Å². The molecule has 0 aromatic heterocycles. The zero-order valence-corrected chi connectivity index (χ0v) is 17.4. The number of rotatable bonds is 9. The summed E-state index contributed by atoms with van der Waals surface area (Å²) in [5.41, 5.74) is 2.97. The molecular formula is C21H28N2O4S. The van der Waals surface area contributed by atoms with Crippen LogP contribution in [0.3, 0.4) is 0 Å². The van der Waals surface area contributed by atoms with Gasteiger partial charge >= 0.3 is 0 Å². The quantitative estimate of drug-likeness (QED) is 0.693. The fraction of sp³-hybridized carbons (Fsp3) is 0.381. The van der Waals surface area contributed by atoms with Crippen LogP contribution in [0.15, 0.2) is 53.4 Å². The molecular weight excluding hydrogens is 376 g/mol. The van der Waals surface area contributed by atoms with E-state index >= 15 is 0 Å². The second-order valence-corrected chi connectivity index (χ2v) is 8.89. The lowest BCUT2D eigenvalue weighted by molar-refractivity contribution is -0.131. The summed E-state index contributed by atoms with van der Waals surface area (Å²) in [6.45, 7) is 3.91. The lowest BCUT2D eigenvalue weighted by Crippen LogP contribution is -2.43. The average molecular weight is 405 g/mol. The number of aliphatic hydroxyl groups is 1. The van der Waals surface area contributed by atoms with Crippen molar-refractivity contribution in [3.63, 3.8) is 0 Å². The first kappa shape index (κ1) is 22.1. The minimum atomic E-state index is -3.77. The van der Waals surface area contributed by atoms with Gasteiger partial charge in [0.25, 0.3) is 0 Å². The fourth-order valence-electron chi connectivity index (χ4n) is 2.82. The van der Waals surface area contributed by atoms with Crippen LogP contribution in [0.2, 0.25) is 0 Å². The Morgan fingerprint density at radius 3 is 2.29 bits per heavy atom. The summed E-state index contributed by atoms with van der Waals surface area (Å²) in [6.07, 6.45) is 0.639. The highest BCUT2D eigenvalue weighted by molar-refractivity contribution is 7.89. The number of aliphatic hydroxyl groups excluding tert-OH is 1. The molecule has 0 fully saturated rings. The third-order valence-corrected chi connectivity index (χ3v) is 6.58. The summed E-state index contributed by atoms with van der Waals surface area (Å²) in [5, 5.41) is 9.29. The van der Waals surface area contributed by atoms with Gasteiger partial charge in [-0.2, -0.15) is 4.31 Å². The number of hydrogen-bond acceptors (Lipinski definition) is 4. The van der Waals surface area contributed by atoms with Crippen LogP contribution >= 0.6 is 0 Å². The van der Waals surface area contributed by atoms with Crippen LogP contribution in [0.25, 0.3) is 0 Å². The molecule has 0 aliphatic heterocycles. The third kappa shape index (κ3) is 5.64. The van der Waals surface area contributed by atoms with Gasteiger partial charge in [-0.3, -0.25) is 4.79 Å². The predicted octanol–water partition coefficient (Wildman–Crippen LogP) is 1.99. The van der Waals surface area contributed by atoms with E-state index in [4.69, 9.17) is 0 Å². The molecule has 7 heteroatoms. The van der Waals surface area contributed by atoms with Gasteiger partial charge in [0, 0.05) is 20.1 Å². The summed E-state index contributed by atoms with van der Waals surface area (Å²) in [4.78, 5) is 14.3. The molecule has 2 aromatic rings. The maximum absolute atomic E-state index is 12.8. The average Bonchev–Trinajstić information content (AvgIpc) is 2.67. The molecule has 0 bridgehead atoms. The number of sulfonamides is 1. The molecule has 0 radical (unpaired) electrons. The van der Waals surface area contributed by atoms with E-state index in [1.54, 1.807) is 18.2 Å². The van der Waals surface area contributed by atoms with Crippen LogP contribution in [-0.4, -0.2) is 61.9 Å². The number of hydrogen-bond donors (Lipinski definition) is 1. The molecule has 2 aromatic carbocycles. The zero-order chi connectivity index (χ0) is 20.7. The first-order chi connectivity index (χ1) is 13.3. The SMILES string of the molecule is Cc1ccc(S(=O)(=O)N(C)CC(=O)N(CCO)CCc2ccccc2)cc1C. The third-order valence-electron chi connectivity index (χ3n) is 4.78. The van der Waals surface area contributed by atoms with Crippen molar-refractivity contribution in [1.82, 2.24) is 9.21 Å². The number of amides is 1. The molecule has 28 heavy (non-hydrogen) atoms. The molecule has 0 spiro atoms. The number of nitrogens with zero attached hydrogens (tertiary/aromatic N) is 2. The molecule has 0 unspecified atom stereocenters. The Labute approximate surface area is 167 Å². The van der Waals surface area contributed by atoms with Crippen molar-refractivity contribution < 1.29 is 18.3 Å². The van der Waals surface area contributed by atoms with Gasteiger partial charge < -0.3 is 10.0 Å². The standard InChI is InChI=1S/C21H28N2O4S/c1-17-9-10-20(15-18(17)2)28(26,27)22(3)16-21(25)23(13-14-24)12-11-19-7-5-4-6-8-19/h4-10,15,24H,11-14,16H2,1-3H3. The zero-order valence-electron chi connectivity index (χ0n) is 16.6. The maximum atomic E-state index is 12.8. The lowest BCUT2D eigenvalue weighted by atomic mass is 10.1. The van der Waals surface area contributed by atoms with Crippen molar-refractivity contribution in [3.8, 4) is 0 Å². The van der Waals surface area contributed by atoms with Gasteiger partial charge in [0.15, 0.2) is 0 Å². The minimum absolute atomic E-state index is 0.170. The predicted molar refractivity (Wildman–Crippen MR) is 110 cm³/mol. The monoisotopic (exact) mass is 404 g/mol. The molecule has 2 rings (SSSR count). The number of aryl methyl sites for hydroxylation is 2. The Balaban J connectivity index is 2.07. The Bertz CT molecular complexity index is 898. The van der Waals surface area contributed by atoms with E-state index in [0.29, 0.717) is 13.0 Å². The van der Waals surface area contributed by atoms with E-state index in [1.165, 1.54) is 11.9 Å². The van der Waals surface area contributed by atoms with Gasteiger partial charge in [-0.1, -0.05) is 36.4 Å². The van der Waals surface area contributed by atoms with E-state index in [2.05, 4.69) is 0 Å². The smallest absolute Gasteiger partial charge is 0.243 e. The van der Waals surface area contributed by atoms with Crippen molar-refractivity contribution in [1.29, 1.82) is 0 Å². The van der Waals surface area contributed by atoms with Crippen molar-refractivity contribution in [2.24, 2.45) is 0 Å². The van der Waals surface area contributed by atoms with Crippen LogP contribution in [0, 0.1) is 13.8 Å². The molecule has 0 saturated carbocycles. The minimum Gasteiger partial charge on any atom is -0.395 e. The van der Waals surface area contributed by atoms with Gasteiger partial charge in [-0.25, -0.2) is 8.42 Å². The van der Waals surface area contributed by atoms with Gasteiger partial charge in [0.1, 0.15) is 0 Å². The molecule has 0 heterocycles. The largest absolute Gasteiger partial charge is 0.395 e. The highest BCUT2D eigenvalue weighted by Gasteiger charge is 2.25. The van der Waals surface area contributed by atoms with Crippen molar-refractivity contribution in [3.05, 3.63) is 65.2 Å². The second kappa shape index (κ2) is 9.82. The van der Waals surface area contributed by atoms with Crippen LogP contribution in [0.4, 0.5) is 0 Å². The number of likely N-dealkylation sites (N-methyl/N-ethyl adjacent to an activating group) is 1. The number of benzene rings is 2. The lowest BCUT2D eigenvalue weighted by Gasteiger charge is -2.25. The Morgan fingerprint density at radius 2 is 1.68 bits per heavy atom. The van der Waals surface area contributed by atoms with Crippen molar-refractivity contribution >= 4 is 15.9 Å². The van der Waals surface area contributed by atoms with E-state index in [-0.39, 0.29) is 30.5 Å². The van der Waals surface area contributed by atoms with Gasteiger partial charge in [-0.05, 0) is 49.1 Å². The summed E-state index contributed by atoms with van der Waals surface area (Å²) in [6, 6.07) is 14.7. The van der Waals surface area contributed by atoms with Gasteiger partial charge in [0.05, 0.1) is 18.0 Å². The molecule has 152 valence electrons. The first-order valence-corrected chi connectivity index (χ1v) is 10.7. The molecule has 0 aliphatic rings. The summed E-state index contributed by atoms with van der Waals surface area (Å²) < 4.78 is 26.7. The van der Waals surface area contributed by atoms with Gasteiger partial charge in [0.2, 0.25) is 15.9 Å². The summed E-state index contributed by atoms with van der Waals surface area (Å²) >= 11 is 0. The van der Waals surface area contributed by atoms with Crippen molar-refractivity contribution in [2.45, 2.75) is 25.2 Å². The van der Waals surface area contributed by atoms with Crippen LogP contribution in [-0.2, 0) is 21.2 Å². The topological polar surface area (TPSA) is 77.9 Å². The maximum Gasteiger partial charge on any atom is 0.243 e. The molecule has 6 nitrogen and oxygen atoms in total. The molecule has 0 aliphatic carbocycles. The van der Waals surface area contributed by atoms with Gasteiger partial charge in [-0.15, -0.1) is 0 Å². The number of carbonyl (C=O) groups excluding carboxylic acids is 1. The highest BCUT2D eigenvalue weighted by atomic mass is 32.2. The normalized spacial score (nSPS) is 11.6. The molecule has 1 N–H and O–H groups in total. The molecule has 0 atom stereocenters. The van der Waals surface area contributed by atoms with E-state index in [1.807, 2.05) is 44.2 Å². The fourth-order valence-corrected chi connectivity index (χ4v) is 4.03. The summed E-state index contributed by atoms with van der Waals surface area (Å²) in [7, 11) is -2.37. The molecule has 1 amide bonds. The Kier molecular flexibility index (Phi) is 7.74. The van der Waals surface area contributed by atoms with E-state index in [0.717, 1.165) is 21.0 Å². The van der Waals surface area contributed by atoms with Crippen molar-refractivity contribution in [2.75, 3.05) is 33.3 Å². The first-order valence-electron chi connectivity index (χ1n) is 9.22. The Morgan fingerprint density at radius 1 is 1.00 bits per heavy atom. The van der Waals surface area contributed by atoms with E-state index in [9.17, 15) is 18.3 Å². The second-order valence-electron chi connectivity index (χ2n) is 6.85.